The zero-order valence-corrected chi connectivity index (χ0v) is 14.8. The minimum absolute atomic E-state index is 0.0393. The molecule has 1 amide bonds. The number of carbonyl (C=O) groups excluding carboxylic acids is 1. The third-order valence-electron chi connectivity index (χ3n) is 4.01. The van der Waals surface area contributed by atoms with Gasteiger partial charge in [0, 0.05) is 18.6 Å². The van der Waals surface area contributed by atoms with Crippen LogP contribution < -0.4 is 5.32 Å². The normalized spacial score (nSPS) is 10.4. The fraction of sp³-hybridized carbons (Fsp3) is 0.0500. The van der Waals surface area contributed by atoms with Crippen LogP contribution in [0, 0.1) is 10.1 Å². The van der Waals surface area contributed by atoms with Crippen LogP contribution in [0.4, 0.5) is 11.4 Å². The lowest BCUT2D eigenvalue weighted by molar-refractivity contribution is -0.384. The number of carbonyl (C=O) groups is 1. The van der Waals surface area contributed by atoms with Gasteiger partial charge in [0.2, 0.25) is 0 Å². The fourth-order valence-electron chi connectivity index (χ4n) is 2.64. The maximum atomic E-state index is 12.5. The Morgan fingerprint density at radius 1 is 1.07 bits per heavy atom. The Balaban J connectivity index is 1.83. The van der Waals surface area contributed by atoms with Crippen LogP contribution in [0.2, 0.25) is 5.02 Å². The van der Waals surface area contributed by atoms with Gasteiger partial charge in [0.25, 0.3) is 11.6 Å². The molecular weight excluding hydrogens is 368 g/mol. The fourth-order valence-corrected chi connectivity index (χ4v) is 2.86. The van der Waals surface area contributed by atoms with Gasteiger partial charge >= 0.3 is 0 Å². The molecule has 0 atom stereocenters. The number of hydrogen-bond donors (Lipinski definition) is 2. The highest BCUT2D eigenvalue weighted by Crippen LogP contribution is 2.29. The number of non-ortho nitro benzene ring substituents is 1. The molecule has 2 N–H and O–H groups in total. The number of nitrogens with one attached hydrogen (secondary N) is 1. The number of amides is 1. The van der Waals surface area contributed by atoms with E-state index >= 15 is 0 Å². The van der Waals surface area contributed by atoms with Crippen LogP contribution in [0.3, 0.4) is 0 Å². The summed E-state index contributed by atoms with van der Waals surface area (Å²) in [6.45, 7) is 0. The van der Waals surface area contributed by atoms with Crippen LogP contribution in [-0.2, 0) is 6.42 Å². The summed E-state index contributed by atoms with van der Waals surface area (Å²) < 4.78 is 0. The highest BCUT2D eigenvalue weighted by Gasteiger charge is 2.17. The van der Waals surface area contributed by atoms with Crippen molar-refractivity contribution in [2.24, 2.45) is 0 Å². The second-order valence-electron chi connectivity index (χ2n) is 5.85. The first-order chi connectivity index (χ1) is 13.0. The Kier molecular flexibility index (Phi) is 5.38. The standard InChI is InChI=1S/C20H15ClN2O4/c21-17-12-15(23(26)27)9-10-18(17)22-20(25)16-8-4-7-14(19(16)24)11-13-5-2-1-3-6-13/h1-10,12,24H,11H2,(H,22,25). The van der Waals surface area contributed by atoms with Gasteiger partial charge in [0.1, 0.15) is 5.75 Å². The van der Waals surface area contributed by atoms with Crippen molar-refractivity contribution in [3.63, 3.8) is 0 Å². The van der Waals surface area contributed by atoms with Crippen molar-refractivity contribution < 1.29 is 14.8 Å². The lowest BCUT2D eigenvalue weighted by Crippen LogP contribution is -2.13. The predicted molar refractivity (Wildman–Crippen MR) is 103 cm³/mol. The van der Waals surface area contributed by atoms with Gasteiger partial charge in [0.15, 0.2) is 0 Å². The maximum Gasteiger partial charge on any atom is 0.271 e. The highest BCUT2D eigenvalue weighted by molar-refractivity contribution is 6.34. The Labute approximate surface area is 160 Å². The molecule has 0 heterocycles. The van der Waals surface area contributed by atoms with E-state index in [0.29, 0.717) is 12.0 Å². The molecule has 0 aromatic heterocycles. The second-order valence-corrected chi connectivity index (χ2v) is 6.26. The Morgan fingerprint density at radius 3 is 2.48 bits per heavy atom. The van der Waals surface area contributed by atoms with Crippen molar-refractivity contribution in [3.8, 4) is 5.75 Å². The molecule has 6 nitrogen and oxygen atoms in total. The summed E-state index contributed by atoms with van der Waals surface area (Å²) in [7, 11) is 0. The molecule has 0 unspecified atom stereocenters. The zero-order chi connectivity index (χ0) is 19.4. The monoisotopic (exact) mass is 382 g/mol. The van der Waals surface area contributed by atoms with Crippen molar-refractivity contribution in [2.75, 3.05) is 5.32 Å². The van der Waals surface area contributed by atoms with E-state index < -0.39 is 10.8 Å². The molecule has 0 fully saturated rings. The molecule has 0 bridgehead atoms. The van der Waals surface area contributed by atoms with Crippen LogP contribution >= 0.6 is 11.6 Å². The molecule has 0 spiro atoms. The SMILES string of the molecule is O=C(Nc1ccc([N+](=O)[O-])cc1Cl)c1cccc(Cc2ccccc2)c1O. The van der Waals surface area contributed by atoms with E-state index in [1.165, 1.54) is 18.2 Å². The van der Waals surface area contributed by atoms with Gasteiger partial charge in [-0.1, -0.05) is 54.1 Å². The van der Waals surface area contributed by atoms with E-state index in [9.17, 15) is 20.0 Å². The number of nitrogens with zero attached hydrogens (tertiary/aromatic N) is 1. The summed E-state index contributed by atoms with van der Waals surface area (Å²) in [5.41, 5.74) is 1.76. The first kappa shape index (κ1) is 18.4. The predicted octanol–water partition coefficient (Wildman–Crippen LogP) is 4.80. The van der Waals surface area contributed by atoms with Gasteiger partial charge in [-0.15, -0.1) is 0 Å². The molecule has 0 saturated heterocycles. The summed E-state index contributed by atoms with van der Waals surface area (Å²) in [6.07, 6.45) is 0.478. The summed E-state index contributed by atoms with van der Waals surface area (Å²) in [4.78, 5) is 22.7. The first-order valence-electron chi connectivity index (χ1n) is 8.06. The molecule has 0 aliphatic rings. The number of nitro benzene ring substituents is 1. The van der Waals surface area contributed by atoms with Gasteiger partial charge in [-0.2, -0.15) is 0 Å². The maximum absolute atomic E-state index is 12.5. The van der Waals surface area contributed by atoms with Crippen molar-refractivity contribution in [1.29, 1.82) is 0 Å². The minimum Gasteiger partial charge on any atom is -0.507 e. The van der Waals surface area contributed by atoms with E-state index in [-0.39, 0.29) is 27.7 Å². The largest absolute Gasteiger partial charge is 0.507 e. The molecule has 0 aliphatic carbocycles. The lowest BCUT2D eigenvalue weighted by Gasteiger charge is -2.11. The van der Waals surface area contributed by atoms with Crippen molar-refractivity contribution in [3.05, 3.63) is 98.6 Å². The molecule has 0 radical (unpaired) electrons. The summed E-state index contributed by atoms with van der Waals surface area (Å²) in [6, 6.07) is 18.3. The van der Waals surface area contributed by atoms with Gasteiger partial charge in [-0.3, -0.25) is 14.9 Å². The quantitative estimate of drug-likeness (QED) is 0.489. The third-order valence-corrected chi connectivity index (χ3v) is 4.33. The molecular formula is C20H15ClN2O4. The molecule has 3 aromatic carbocycles. The molecule has 0 aliphatic heterocycles. The summed E-state index contributed by atoms with van der Waals surface area (Å²) in [5.74, 6) is -0.671. The zero-order valence-electron chi connectivity index (χ0n) is 14.1. The van der Waals surface area contributed by atoms with Crippen molar-refractivity contribution in [1.82, 2.24) is 0 Å². The molecule has 3 rings (SSSR count). The first-order valence-corrected chi connectivity index (χ1v) is 8.43. The van der Waals surface area contributed by atoms with E-state index in [4.69, 9.17) is 11.6 Å². The highest BCUT2D eigenvalue weighted by atomic mass is 35.5. The van der Waals surface area contributed by atoms with Gasteiger partial charge in [-0.05, 0) is 23.3 Å². The van der Waals surface area contributed by atoms with E-state index in [1.807, 2.05) is 30.3 Å². The van der Waals surface area contributed by atoms with Gasteiger partial charge < -0.3 is 10.4 Å². The summed E-state index contributed by atoms with van der Waals surface area (Å²) >= 11 is 6.00. The number of benzene rings is 3. The van der Waals surface area contributed by atoms with Crippen LogP contribution in [0.5, 0.6) is 5.75 Å². The Bertz CT molecular complexity index is 1010. The number of nitro groups is 1. The molecule has 3 aromatic rings. The average molecular weight is 383 g/mol. The van der Waals surface area contributed by atoms with Crippen molar-refractivity contribution in [2.45, 2.75) is 6.42 Å². The molecule has 136 valence electrons. The second kappa shape index (κ2) is 7.88. The van der Waals surface area contributed by atoms with E-state index in [1.54, 1.807) is 12.1 Å². The number of halogens is 1. The third kappa shape index (κ3) is 4.24. The van der Waals surface area contributed by atoms with Crippen molar-refractivity contribution >= 4 is 28.9 Å². The van der Waals surface area contributed by atoms with Crippen LogP contribution in [0.1, 0.15) is 21.5 Å². The topological polar surface area (TPSA) is 92.5 Å². The van der Waals surface area contributed by atoms with Gasteiger partial charge in [0.05, 0.1) is 21.2 Å². The minimum atomic E-state index is -0.573. The van der Waals surface area contributed by atoms with E-state index in [2.05, 4.69) is 5.32 Å². The van der Waals surface area contributed by atoms with Crippen LogP contribution in [-0.4, -0.2) is 15.9 Å². The molecule has 7 heteroatoms. The number of phenols is 1. The van der Waals surface area contributed by atoms with Gasteiger partial charge in [-0.25, -0.2) is 0 Å². The van der Waals surface area contributed by atoms with Crippen LogP contribution in [0.15, 0.2) is 66.7 Å². The summed E-state index contributed by atoms with van der Waals surface area (Å²) in [5, 5.41) is 23.9. The average Bonchev–Trinajstić information content (AvgIpc) is 2.65. The van der Waals surface area contributed by atoms with Crippen LogP contribution in [0.25, 0.3) is 0 Å². The van der Waals surface area contributed by atoms with E-state index in [0.717, 1.165) is 11.6 Å². The number of aromatic hydroxyl groups is 1. The Hall–Kier alpha value is -3.38. The number of anilines is 1. The number of hydrogen-bond acceptors (Lipinski definition) is 4. The number of para-hydroxylation sites is 1. The smallest absolute Gasteiger partial charge is 0.271 e. The lowest BCUT2D eigenvalue weighted by atomic mass is 10.0. The number of phenolic OH excluding ortho intramolecular Hbond substituents is 1. The molecule has 27 heavy (non-hydrogen) atoms. The molecule has 0 saturated carbocycles. The number of rotatable bonds is 5. The Morgan fingerprint density at radius 2 is 1.81 bits per heavy atom.